The van der Waals surface area contributed by atoms with E-state index in [0.717, 1.165) is 26.1 Å². The van der Waals surface area contributed by atoms with Crippen molar-refractivity contribution in [2.45, 2.75) is 19.1 Å². The minimum Gasteiger partial charge on any atom is -0.491 e. The first-order valence-corrected chi connectivity index (χ1v) is 13.8. The number of methoxy groups -OCH3 is 1. The van der Waals surface area contributed by atoms with E-state index >= 15 is 0 Å². The fourth-order valence-corrected chi connectivity index (χ4v) is 4.76. The number of carbonyl (C=O) groups excluding carboxylic acids is 1. The first-order chi connectivity index (χ1) is 20.4. The van der Waals surface area contributed by atoms with E-state index in [4.69, 9.17) is 25.8 Å². The van der Waals surface area contributed by atoms with E-state index < -0.39 is 0 Å². The second-order valence-electron chi connectivity index (χ2n) is 9.79. The summed E-state index contributed by atoms with van der Waals surface area (Å²) in [5.74, 6) is 0.785. The van der Waals surface area contributed by atoms with Gasteiger partial charge < -0.3 is 24.8 Å². The average Bonchev–Trinajstić information content (AvgIpc) is 2.96. The number of hydrogen-bond donors (Lipinski definition) is 2. The predicted octanol–water partition coefficient (Wildman–Crippen LogP) is 5.97. The summed E-state index contributed by atoms with van der Waals surface area (Å²) >= 11 is 6.48. The number of amides is 1. The minimum absolute atomic E-state index is 0.178. The van der Waals surface area contributed by atoms with Crippen LogP contribution in [0.5, 0.6) is 11.5 Å². The van der Waals surface area contributed by atoms with Crippen LogP contribution in [0.2, 0.25) is 5.02 Å². The van der Waals surface area contributed by atoms with Gasteiger partial charge in [0.15, 0.2) is 0 Å². The standard InChI is InChI=1S/C31H31ClFN5O4/c1-3-30(39)37-27-14-24-26(15-29(27)41-11-5-10-38-16-23(17-38)40-2)34-19-35-31(24)36-22-8-9-28(25(32)13-22)42-18-20-6-4-7-21(33)12-20/h3-4,6-9,12-15,19,23H,1,5,10-11,16-18H2,2H3,(H,37,39)(H,34,35,36). The molecule has 9 nitrogen and oxygen atoms in total. The van der Waals surface area contributed by atoms with Crippen molar-refractivity contribution in [2.75, 3.05) is 44.0 Å². The highest BCUT2D eigenvalue weighted by Crippen LogP contribution is 2.35. The molecule has 0 unspecified atom stereocenters. The van der Waals surface area contributed by atoms with E-state index in [2.05, 4.69) is 32.1 Å². The fourth-order valence-electron chi connectivity index (χ4n) is 4.53. The van der Waals surface area contributed by atoms with Gasteiger partial charge in [-0.25, -0.2) is 14.4 Å². The molecule has 1 saturated heterocycles. The summed E-state index contributed by atoms with van der Waals surface area (Å²) in [4.78, 5) is 23.3. The molecule has 1 fully saturated rings. The molecule has 1 amide bonds. The van der Waals surface area contributed by atoms with E-state index in [9.17, 15) is 9.18 Å². The lowest BCUT2D eigenvalue weighted by atomic mass is 10.1. The highest BCUT2D eigenvalue weighted by molar-refractivity contribution is 6.32. The molecular formula is C31H31ClFN5O4. The molecule has 5 rings (SSSR count). The van der Waals surface area contributed by atoms with Crippen molar-refractivity contribution in [3.05, 3.63) is 90.0 Å². The maximum absolute atomic E-state index is 13.5. The van der Waals surface area contributed by atoms with E-state index in [1.807, 2.05) is 0 Å². The van der Waals surface area contributed by atoms with Gasteiger partial charge in [-0.3, -0.25) is 9.69 Å². The van der Waals surface area contributed by atoms with Gasteiger partial charge >= 0.3 is 0 Å². The Morgan fingerprint density at radius 3 is 2.76 bits per heavy atom. The van der Waals surface area contributed by atoms with Crippen molar-refractivity contribution in [3.63, 3.8) is 0 Å². The summed E-state index contributed by atoms with van der Waals surface area (Å²) in [5.41, 5.74) is 2.47. The lowest BCUT2D eigenvalue weighted by Gasteiger charge is -2.38. The number of rotatable bonds is 13. The molecule has 11 heteroatoms. The third-order valence-corrected chi connectivity index (χ3v) is 7.09. The Kier molecular flexibility index (Phi) is 9.48. The Balaban J connectivity index is 1.30. The molecule has 2 N–H and O–H groups in total. The Morgan fingerprint density at radius 1 is 1.14 bits per heavy atom. The molecule has 2 heterocycles. The molecule has 0 bridgehead atoms. The Morgan fingerprint density at radius 2 is 2.00 bits per heavy atom. The number of carbonyl (C=O) groups is 1. The zero-order chi connectivity index (χ0) is 29.5. The molecule has 42 heavy (non-hydrogen) atoms. The van der Waals surface area contributed by atoms with E-state index in [0.29, 0.717) is 62.9 Å². The number of aromatic nitrogens is 2. The number of benzene rings is 3. The number of nitrogens with zero attached hydrogens (tertiary/aromatic N) is 3. The molecule has 0 aliphatic carbocycles. The summed E-state index contributed by atoms with van der Waals surface area (Å²) < 4.78 is 30.6. The van der Waals surface area contributed by atoms with Gasteiger partial charge in [-0.05, 0) is 54.5 Å². The Labute approximate surface area is 248 Å². The summed E-state index contributed by atoms with van der Waals surface area (Å²) in [7, 11) is 1.73. The quantitative estimate of drug-likeness (QED) is 0.145. The van der Waals surface area contributed by atoms with E-state index in [-0.39, 0.29) is 18.3 Å². The van der Waals surface area contributed by atoms with Crippen molar-refractivity contribution < 1.29 is 23.4 Å². The summed E-state index contributed by atoms with van der Waals surface area (Å²) in [6, 6.07) is 15.0. The van der Waals surface area contributed by atoms with Crippen molar-refractivity contribution in [3.8, 4) is 11.5 Å². The lowest BCUT2D eigenvalue weighted by Crippen LogP contribution is -2.51. The maximum atomic E-state index is 13.5. The van der Waals surface area contributed by atoms with Crippen LogP contribution in [0.25, 0.3) is 10.9 Å². The molecule has 1 aromatic heterocycles. The van der Waals surface area contributed by atoms with Crippen molar-refractivity contribution >= 4 is 45.6 Å². The van der Waals surface area contributed by atoms with Crippen LogP contribution in [0.15, 0.2) is 73.6 Å². The van der Waals surface area contributed by atoms with Gasteiger partial charge in [0.25, 0.3) is 0 Å². The summed E-state index contributed by atoms with van der Waals surface area (Å²) in [6.45, 7) is 6.95. The number of halogens is 2. The predicted molar refractivity (Wildman–Crippen MR) is 161 cm³/mol. The molecule has 0 saturated carbocycles. The van der Waals surface area contributed by atoms with Gasteiger partial charge in [0, 0.05) is 43.9 Å². The maximum Gasteiger partial charge on any atom is 0.247 e. The number of ether oxygens (including phenoxy) is 3. The second-order valence-corrected chi connectivity index (χ2v) is 10.2. The second kappa shape index (κ2) is 13.6. The fraction of sp³-hybridized carbons (Fsp3) is 0.258. The van der Waals surface area contributed by atoms with Crippen LogP contribution in [0, 0.1) is 5.82 Å². The van der Waals surface area contributed by atoms with E-state index in [1.165, 1.54) is 24.5 Å². The smallest absolute Gasteiger partial charge is 0.247 e. The number of hydrogen-bond acceptors (Lipinski definition) is 8. The third kappa shape index (κ3) is 7.33. The van der Waals surface area contributed by atoms with Gasteiger partial charge in [0.1, 0.15) is 36.1 Å². The molecule has 0 spiro atoms. The van der Waals surface area contributed by atoms with E-state index in [1.54, 1.807) is 49.6 Å². The molecule has 3 aromatic carbocycles. The van der Waals surface area contributed by atoms with Crippen LogP contribution in [-0.4, -0.2) is 60.2 Å². The third-order valence-electron chi connectivity index (χ3n) is 6.79. The van der Waals surface area contributed by atoms with Crippen LogP contribution in [0.3, 0.4) is 0 Å². The molecule has 0 radical (unpaired) electrons. The molecule has 218 valence electrons. The topological polar surface area (TPSA) is 97.8 Å². The van der Waals surface area contributed by atoms with Crippen LogP contribution in [-0.2, 0) is 16.1 Å². The van der Waals surface area contributed by atoms with Gasteiger partial charge in [0.05, 0.1) is 28.9 Å². The molecular weight excluding hydrogens is 561 g/mol. The number of likely N-dealkylation sites (tertiary alicyclic amines) is 1. The van der Waals surface area contributed by atoms with Gasteiger partial charge in [0.2, 0.25) is 5.91 Å². The van der Waals surface area contributed by atoms with Gasteiger partial charge in [-0.15, -0.1) is 0 Å². The van der Waals surface area contributed by atoms with Crippen LogP contribution >= 0.6 is 11.6 Å². The number of nitrogens with one attached hydrogen (secondary N) is 2. The summed E-state index contributed by atoms with van der Waals surface area (Å²) in [6.07, 6.45) is 3.78. The van der Waals surface area contributed by atoms with Crippen LogP contribution in [0.1, 0.15) is 12.0 Å². The minimum atomic E-state index is -0.364. The lowest BCUT2D eigenvalue weighted by molar-refractivity contribution is -0.111. The number of fused-ring (bicyclic) bond motifs is 1. The summed E-state index contributed by atoms with van der Waals surface area (Å²) in [5, 5.41) is 7.13. The van der Waals surface area contributed by atoms with Gasteiger partial charge in [-0.2, -0.15) is 0 Å². The zero-order valence-electron chi connectivity index (χ0n) is 23.1. The zero-order valence-corrected chi connectivity index (χ0v) is 23.9. The van der Waals surface area contributed by atoms with Crippen LogP contribution in [0.4, 0.5) is 21.6 Å². The monoisotopic (exact) mass is 591 g/mol. The normalized spacial score (nSPS) is 13.4. The van der Waals surface area contributed by atoms with Gasteiger partial charge in [-0.1, -0.05) is 30.3 Å². The number of anilines is 3. The van der Waals surface area contributed by atoms with Crippen molar-refractivity contribution in [1.82, 2.24) is 14.9 Å². The molecule has 1 aliphatic rings. The Bertz CT molecular complexity index is 1580. The Hall–Kier alpha value is -4.25. The van der Waals surface area contributed by atoms with Crippen LogP contribution < -0.4 is 20.1 Å². The molecule has 0 atom stereocenters. The first kappa shape index (κ1) is 29.2. The molecule has 4 aromatic rings. The SMILES string of the molecule is C=CC(=O)Nc1cc2c(Nc3ccc(OCc4cccc(F)c4)c(Cl)c3)ncnc2cc1OCCCN1CC(OC)C1. The average molecular weight is 592 g/mol. The van der Waals surface area contributed by atoms with Crippen molar-refractivity contribution in [2.24, 2.45) is 0 Å². The highest BCUT2D eigenvalue weighted by Gasteiger charge is 2.25. The first-order valence-electron chi connectivity index (χ1n) is 13.5. The van der Waals surface area contributed by atoms with Crippen molar-refractivity contribution in [1.29, 1.82) is 0 Å². The highest BCUT2D eigenvalue weighted by atomic mass is 35.5. The largest absolute Gasteiger partial charge is 0.491 e. The molecule has 1 aliphatic heterocycles.